The number of hydrogen-bond acceptors (Lipinski definition) is 3. The van der Waals surface area contributed by atoms with E-state index < -0.39 is 24.1 Å². The van der Waals surface area contributed by atoms with E-state index in [4.69, 9.17) is 16.7 Å². The van der Waals surface area contributed by atoms with E-state index in [1.165, 1.54) is 18.9 Å². The van der Waals surface area contributed by atoms with Crippen LogP contribution in [0.5, 0.6) is 0 Å². The van der Waals surface area contributed by atoms with Crippen molar-refractivity contribution >= 4 is 23.6 Å². The smallest absolute Gasteiger partial charge is 0.328 e. The molecule has 0 bridgehead atoms. The lowest BCUT2D eigenvalue weighted by atomic mass is 10.2. The number of aliphatic hydroxyl groups excluding tert-OH is 1. The fourth-order valence-electron chi connectivity index (χ4n) is 1.61. The van der Waals surface area contributed by atoms with Gasteiger partial charge in [-0.05, 0) is 24.6 Å². The number of nitrogens with zero attached hydrogens (tertiary/aromatic N) is 1. The minimum absolute atomic E-state index is 0.276. The highest BCUT2D eigenvalue weighted by Crippen LogP contribution is 2.12. The number of carbonyl (C=O) groups is 2. The standard InChI is InChI=1S/C13H17ClN2O4/c1-8(17)11(12(18)19)15-13(20)16(2)7-9-4-3-5-10(14)6-9/h3-6,8,11,17H,7H2,1-2H3,(H,15,20)(H,18,19)/t8-,11+/m1/s1. The third-order valence-electron chi connectivity index (χ3n) is 2.68. The number of rotatable bonds is 5. The molecule has 0 radical (unpaired) electrons. The minimum Gasteiger partial charge on any atom is -0.480 e. The molecule has 0 aromatic heterocycles. The van der Waals surface area contributed by atoms with Gasteiger partial charge in [0.1, 0.15) is 0 Å². The van der Waals surface area contributed by atoms with Crippen molar-refractivity contribution in [3.8, 4) is 0 Å². The van der Waals surface area contributed by atoms with Gasteiger partial charge in [-0.1, -0.05) is 23.7 Å². The van der Waals surface area contributed by atoms with Crippen molar-refractivity contribution in [2.75, 3.05) is 7.05 Å². The molecule has 0 saturated heterocycles. The molecule has 0 aliphatic heterocycles. The van der Waals surface area contributed by atoms with Crippen LogP contribution in [0.25, 0.3) is 0 Å². The molecule has 7 heteroatoms. The van der Waals surface area contributed by atoms with E-state index in [0.717, 1.165) is 5.56 Å². The Hall–Kier alpha value is -1.79. The maximum Gasteiger partial charge on any atom is 0.328 e. The molecule has 0 heterocycles. The predicted octanol–water partition coefficient (Wildman–Crippen LogP) is 1.32. The van der Waals surface area contributed by atoms with Crippen LogP contribution < -0.4 is 5.32 Å². The summed E-state index contributed by atoms with van der Waals surface area (Å²) in [6.45, 7) is 1.58. The van der Waals surface area contributed by atoms with Crippen LogP contribution in [0, 0.1) is 0 Å². The number of carboxylic acids is 1. The van der Waals surface area contributed by atoms with Crippen molar-refractivity contribution < 1.29 is 19.8 Å². The molecular formula is C13H17ClN2O4. The highest BCUT2D eigenvalue weighted by Gasteiger charge is 2.26. The van der Waals surface area contributed by atoms with Gasteiger partial charge in [0.15, 0.2) is 6.04 Å². The third-order valence-corrected chi connectivity index (χ3v) is 2.92. The third kappa shape index (κ3) is 4.71. The van der Waals surface area contributed by atoms with Crippen LogP contribution in [0.4, 0.5) is 4.79 Å². The lowest BCUT2D eigenvalue weighted by Crippen LogP contribution is -2.51. The average Bonchev–Trinajstić information content (AvgIpc) is 2.34. The summed E-state index contributed by atoms with van der Waals surface area (Å²) in [6, 6.07) is 5.08. The van der Waals surface area contributed by atoms with E-state index in [2.05, 4.69) is 5.32 Å². The largest absolute Gasteiger partial charge is 0.480 e. The van der Waals surface area contributed by atoms with Crippen LogP contribution in [0.3, 0.4) is 0 Å². The molecule has 2 amide bonds. The zero-order valence-corrected chi connectivity index (χ0v) is 12.0. The van der Waals surface area contributed by atoms with Crippen molar-refractivity contribution in [1.29, 1.82) is 0 Å². The van der Waals surface area contributed by atoms with Crippen LogP contribution in [-0.2, 0) is 11.3 Å². The fourth-order valence-corrected chi connectivity index (χ4v) is 1.83. The topological polar surface area (TPSA) is 89.9 Å². The number of urea groups is 1. The van der Waals surface area contributed by atoms with Gasteiger partial charge in [0.25, 0.3) is 0 Å². The Balaban J connectivity index is 2.65. The Morgan fingerprint density at radius 2 is 2.10 bits per heavy atom. The number of nitrogens with one attached hydrogen (secondary N) is 1. The summed E-state index contributed by atoms with van der Waals surface area (Å²) in [4.78, 5) is 24.1. The molecule has 0 spiro atoms. The quantitative estimate of drug-likeness (QED) is 0.765. The molecule has 0 aliphatic rings. The Morgan fingerprint density at radius 3 is 2.60 bits per heavy atom. The second-order valence-corrected chi connectivity index (χ2v) is 4.93. The Morgan fingerprint density at radius 1 is 1.45 bits per heavy atom. The molecule has 2 atom stereocenters. The van der Waals surface area contributed by atoms with Crippen molar-refractivity contribution in [2.24, 2.45) is 0 Å². The summed E-state index contributed by atoms with van der Waals surface area (Å²) >= 11 is 5.85. The Bertz CT molecular complexity index is 493. The van der Waals surface area contributed by atoms with Gasteiger partial charge in [-0.3, -0.25) is 0 Å². The first-order chi connectivity index (χ1) is 9.31. The van der Waals surface area contributed by atoms with Gasteiger partial charge in [-0.2, -0.15) is 0 Å². The molecule has 1 aromatic rings. The Labute approximate surface area is 122 Å². The lowest BCUT2D eigenvalue weighted by Gasteiger charge is -2.22. The van der Waals surface area contributed by atoms with E-state index in [-0.39, 0.29) is 6.54 Å². The molecule has 1 rings (SSSR count). The van der Waals surface area contributed by atoms with E-state index in [1.807, 2.05) is 0 Å². The van der Waals surface area contributed by atoms with Crippen molar-refractivity contribution in [3.05, 3.63) is 34.9 Å². The van der Waals surface area contributed by atoms with Crippen molar-refractivity contribution in [2.45, 2.75) is 25.6 Å². The van der Waals surface area contributed by atoms with E-state index in [1.54, 1.807) is 24.3 Å². The molecule has 3 N–H and O–H groups in total. The number of halogens is 1. The van der Waals surface area contributed by atoms with Crippen LogP contribution in [0.2, 0.25) is 5.02 Å². The number of aliphatic carboxylic acids is 1. The summed E-state index contributed by atoms with van der Waals surface area (Å²) < 4.78 is 0. The number of aliphatic hydroxyl groups is 1. The van der Waals surface area contributed by atoms with Gasteiger partial charge in [0.05, 0.1) is 6.10 Å². The van der Waals surface area contributed by atoms with Crippen LogP contribution >= 0.6 is 11.6 Å². The molecule has 1 aromatic carbocycles. The summed E-state index contributed by atoms with van der Waals surface area (Å²) in [5, 5.41) is 21.0. The maximum atomic E-state index is 11.9. The number of benzene rings is 1. The molecule has 110 valence electrons. The zero-order chi connectivity index (χ0) is 15.3. The molecule has 6 nitrogen and oxygen atoms in total. The van der Waals surface area contributed by atoms with Crippen LogP contribution in [0.1, 0.15) is 12.5 Å². The lowest BCUT2D eigenvalue weighted by molar-refractivity contribution is -0.141. The average molecular weight is 301 g/mol. The highest BCUT2D eigenvalue weighted by molar-refractivity contribution is 6.30. The molecular weight excluding hydrogens is 284 g/mol. The summed E-state index contributed by atoms with van der Waals surface area (Å²) in [5.41, 5.74) is 0.819. The number of carboxylic acid groups (broad SMARTS) is 1. The Kier molecular flexibility index (Phi) is 5.79. The van der Waals surface area contributed by atoms with Crippen LogP contribution in [-0.4, -0.2) is 46.3 Å². The number of carbonyl (C=O) groups excluding carboxylic acids is 1. The van der Waals surface area contributed by atoms with Gasteiger partial charge in [-0.15, -0.1) is 0 Å². The van der Waals surface area contributed by atoms with E-state index in [0.29, 0.717) is 5.02 Å². The predicted molar refractivity (Wildman–Crippen MR) is 74.6 cm³/mol. The van der Waals surface area contributed by atoms with Crippen molar-refractivity contribution in [1.82, 2.24) is 10.2 Å². The molecule has 0 unspecified atom stereocenters. The monoisotopic (exact) mass is 300 g/mol. The maximum absolute atomic E-state index is 11.9. The molecule has 0 saturated carbocycles. The van der Waals surface area contributed by atoms with Gasteiger partial charge in [-0.25, -0.2) is 9.59 Å². The van der Waals surface area contributed by atoms with Gasteiger partial charge < -0.3 is 20.4 Å². The van der Waals surface area contributed by atoms with Crippen molar-refractivity contribution in [3.63, 3.8) is 0 Å². The summed E-state index contributed by atoms with van der Waals surface area (Å²) in [5.74, 6) is -1.29. The first-order valence-electron chi connectivity index (χ1n) is 5.98. The number of hydrogen-bond donors (Lipinski definition) is 3. The normalized spacial score (nSPS) is 13.4. The second kappa shape index (κ2) is 7.12. The van der Waals surface area contributed by atoms with E-state index >= 15 is 0 Å². The first-order valence-corrected chi connectivity index (χ1v) is 6.36. The first kappa shape index (κ1) is 16.3. The van der Waals surface area contributed by atoms with Gasteiger partial charge in [0.2, 0.25) is 0 Å². The van der Waals surface area contributed by atoms with E-state index in [9.17, 15) is 14.7 Å². The van der Waals surface area contributed by atoms with Crippen LogP contribution in [0.15, 0.2) is 24.3 Å². The van der Waals surface area contributed by atoms with Gasteiger partial charge >= 0.3 is 12.0 Å². The highest BCUT2D eigenvalue weighted by atomic mass is 35.5. The van der Waals surface area contributed by atoms with Gasteiger partial charge in [0, 0.05) is 18.6 Å². The molecule has 0 aliphatic carbocycles. The minimum atomic E-state index is -1.34. The summed E-state index contributed by atoms with van der Waals surface area (Å²) in [7, 11) is 1.52. The zero-order valence-electron chi connectivity index (χ0n) is 11.2. The molecule has 20 heavy (non-hydrogen) atoms. The molecule has 0 fully saturated rings. The second-order valence-electron chi connectivity index (χ2n) is 4.49. The fraction of sp³-hybridized carbons (Fsp3) is 0.385. The summed E-state index contributed by atoms with van der Waals surface area (Å²) in [6.07, 6.45) is -1.18. The number of amides is 2. The SMILES string of the molecule is C[C@@H](O)[C@H](NC(=O)N(C)Cc1cccc(Cl)c1)C(=O)O.